The lowest BCUT2D eigenvalue weighted by atomic mass is 10.0. The van der Waals surface area contributed by atoms with Crippen LogP contribution in [0.5, 0.6) is 0 Å². The van der Waals surface area contributed by atoms with E-state index in [1.807, 2.05) is 6.92 Å². The summed E-state index contributed by atoms with van der Waals surface area (Å²) in [7, 11) is 0. The molecule has 3 heteroatoms. The molecule has 1 amide bonds. The van der Waals surface area contributed by atoms with Gasteiger partial charge in [-0.1, -0.05) is 34.6 Å². The number of nitrogens with one attached hydrogen (secondary N) is 1. The van der Waals surface area contributed by atoms with Crippen LogP contribution in [0.2, 0.25) is 0 Å². The average Bonchev–Trinajstić information content (AvgIpc) is 2.57. The van der Waals surface area contributed by atoms with E-state index in [1.54, 1.807) is 0 Å². The molecule has 1 fully saturated rings. The molecular weight excluding hydrogens is 202 g/mol. The molecule has 1 aliphatic carbocycles. The Bertz CT molecular complexity index is 257. The highest BCUT2D eigenvalue weighted by Crippen LogP contribution is 2.68. The van der Waals surface area contributed by atoms with Crippen LogP contribution in [0.4, 0.5) is 0 Å². The van der Waals surface area contributed by atoms with Gasteiger partial charge in [0.15, 0.2) is 0 Å². The fraction of sp³-hybridized carbons (Fsp3) is 0.923. The monoisotopic (exact) mass is 227 g/mol. The van der Waals surface area contributed by atoms with Crippen LogP contribution >= 0.6 is 0 Å². The van der Waals surface area contributed by atoms with Crippen LogP contribution in [-0.2, 0) is 4.79 Å². The third-order valence-corrected chi connectivity index (χ3v) is 4.53. The second-order valence-electron chi connectivity index (χ2n) is 6.02. The lowest BCUT2D eigenvalue weighted by Crippen LogP contribution is -2.30. The van der Waals surface area contributed by atoms with Gasteiger partial charge >= 0.3 is 0 Å². The first-order valence-electron chi connectivity index (χ1n) is 6.21. The van der Waals surface area contributed by atoms with Crippen molar-refractivity contribution in [1.82, 2.24) is 5.32 Å². The van der Waals surface area contributed by atoms with Crippen LogP contribution in [0.1, 0.15) is 47.5 Å². The van der Waals surface area contributed by atoms with Gasteiger partial charge in [0.25, 0.3) is 0 Å². The van der Waals surface area contributed by atoms with Crippen molar-refractivity contribution in [2.45, 2.75) is 53.6 Å². The van der Waals surface area contributed by atoms with Crippen molar-refractivity contribution in [3.8, 4) is 0 Å². The number of rotatable bonds is 5. The SMILES string of the molecule is CCC(O)CCNC(=O)C1C(C)(C)C1(C)C. The molecule has 1 aliphatic rings. The molecule has 3 nitrogen and oxygen atoms in total. The Labute approximate surface area is 98.6 Å². The molecule has 0 heterocycles. The van der Waals surface area contributed by atoms with Crippen LogP contribution in [0.15, 0.2) is 0 Å². The summed E-state index contributed by atoms with van der Waals surface area (Å²) in [6.45, 7) is 11.1. The summed E-state index contributed by atoms with van der Waals surface area (Å²) < 4.78 is 0. The van der Waals surface area contributed by atoms with Gasteiger partial charge in [-0.25, -0.2) is 0 Å². The van der Waals surface area contributed by atoms with E-state index < -0.39 is 0 Å². The molecule has 2 N–H and O–H groups in total. The molecule has 1 saturated carbocycles. The maximum Gasteiger partial charge on any atom is 0.224 e. The smallest absolute Gasteiger partial charge is 0.224 e. The maximum atomic E-state index is 11.9. The van der Waals surface area contributed by atoms with Crippen LogP contribution in [0.3, 0.4) is 0 Å². The lowest BCUT2D eigenvalue weighted by Gasteiger charge is -2.09. The number of carbonyl (C=O) groups is 1. The summed E-state index contributed by atoms with van der Waals surface area (Å²) in [6.07, 6.45) is 1.10. The second kappa shape index (κ2) is 4.36. The Kier molecular flexibility index (Phi) is 3.68. The summed E-state index contributed by atoms with van der Waals surface area (Å²) in [5.74, 6) is 0.247. The molecule has 1 rings (SSSR count). The number of carbonyl (C=O) groups excluding carboxylic acids is 1. The summed E-state index contributed by atoms with van der Waals surface area (Å²) in [5, 5.41) is 12.3. The van der Waals surface area contributed by atoms with Crippen molar-refractivity contribution in [2.24, 2.45) is 16.7 Å². The number of hydrogen-bond donors (Lipinski definition) is 2. The van der Waals surface area contributed by atoms with E-state index in [2.05, 4.69) is 33.0 Å². The van der Waals surface area contributed by atoms with Crippen molar-refractivity contribution in [2.75, 3.05) is 6.54 Å². The molecule has 0 aromatic heterocycles. The van der Waals surface area contributed by atoms with Gasteiger partial charge in [0.05, 0.1) is 6.10 Å². The fourth-order valence-electron chi connectivity index (χ4n) is 2.52. The normalized spacial score (nSPS) is 23.9. The van der Waals surface area contributed by atoms with Gasteiger partial charge in [0, 0.05) is 12.5 Å². The summed E-state index contributed by atoms with van der Waals surface area (Å²) >= 11 is 0. The molecular formula is C13H25NO2. The highest BCUT2D eigenvalue weighted by molar-refractivity contribution is 5.84. The van der Waals surface area contributed by atoms with Gasteiger partial charge in [-0.2, -0.15) is 0 Å². The van der Waals surface area contributed by atoms with E-state index >= 15 is 0 Å². The maximum absolute atomic E-state index is 11.9. The predicted molar refractivity (Wildman–Crippen MR) is 65.0 cm³/mol. The standard InChI is InChI=1S/C13H25NO2/c1-6-9(15)7-8-14-11(16)10-12(2,3)13(10,4)5/h9-10,15H,6-8H2,1-5H3,(H,14,16). The molecule has 94 valence electrons. The third kappa shape index (κ3) is 2.24. The van der Waals surface area contributed by atoms with Gasteiger partial charge in [-0.3, -0.25) is 4.79 Å². The predicted octanol–water partition coefficient (Wildman–Crippen LogP) is 1.95. The van der Waals surface area contributed by atoms with Gasteiger partial charge in [-0.15, -0.1) is 0 Å². The second-order valence-corrected chi connectivity index (χ2v) is 6.02. The van der Waals surface area contributed by atoms with Gasteiger partial charge in [0.2, 0.25) is 5.91 Å². The van der Waals surface area contributed by atoms with E-state index in [0.29, 0.717) is 13.0 Å². The summed E-state index contributed by atoms with van der Waals surface area (Å²) in [4.78, 5) is 11.9. The number of hydrogen-bond acceptors (Lipinski definition) is 2. The van der Waals surface area contributed by atoms with E-state index in [4.69, 9.17) is 0 Å². The first kappa shape index (κ1) is 13.5. The molecule has 0 saturated heterocycles. The van der Waals surface area contributed by atoms with Crippen molar-refractivity contribution in [3.05, 3.63) is 0 Å². The molecule has 16 heavy (non-hydrogen) atoms. The fourth-order valence-corrected chi connectivity index (χ4v) is 2.52. The van der Waals surface area contributed by atoms with Crippen LogP contribution in [-0.4, -0.2) is 23.7 Å². The summed E-state index contributed by atoms with van der Waals surface area (Å²) in [6, 6.07) is 0. The number of aliphatic hydroxyl groups is 1. The molecule has 1 unspecified atom stereocenters. The van der Waals surface area contributed by atoms with Crippen molar-refractivity contribution >= 4 is 5.91 Å². The molecule has 0 radical (unpaired) electrons. The van der Waals surface area contributed by atoms with E-state index in [9.17, 15) is 9.90 Å². The molecule has 1 atom stereocenters. The Balaban J connectivity index is 2.33. The molecule has 0 bridgehead atoms. The van der Waals surface area contributed by atoms with Gasteiger partial charge < -0.3 is 10.4 Å². The zero-order chi connectivity index (χ0) is 12.6. The zero-order valence-electron chi connectivity index (χ0n) is 11.1. The molecule has 0 aliphatic heterocycles. The first-order chi connectivity index (χ1) is 7.25. The minimum Gasteiger partial charge on any atom is -0.393 e. The van der Waals surface area contributed by atoms with Gasteiger partial charge in [-0.05, 0) is 23.7 Å². The van der Waals surface area contributed by atoms with Crippen LogP contribution in [0, 0.1) is 16.7 Å². The lowest BCUT2D eigenvalue weighted by molar-refractivity contribution is -0.123. The van der Waals surface area contributed by atoms with Crippen LogP contribution < -0.4 is 5.32 Å². The molecule has 0 aromatic rings. The van der Waals surface area contributed by atoms with E-state index in [1.165, 1.54) is 0 Å². The Hall–Kier alpha value is -0.570. The average molecular weight is 227 g/mol. The first-order valence-corrected chi connectivity index (χ1v) is 6.21. The van der Waals surface area contributed by atoms with E-state index in [-0.39, 0.29) is 28.8 Å². The topological polar surface area (TPSA) is 49.3 Å². The summed E-state index contributed by atoms with van der Waals surface area (Å²) in [5.41, 5.74) is 0.195. The number of amides is 1. The Morgan fingerprint density at radius 2 is 1.81 bits per heavy atom. The quantitative estimate of drug-likeness (QED) is 0.754. The Morgan fingerprint density at radius 1 is 1.31 bits per heavy atom. The highest BCUT2D eigenvalue weighted by atomic mass is 16.3. The molecule has 0 spiro atoms. The van der Waals surface area contributed by atoms with E-state index in [0.717, 1.165) is 6.42 Å². The third-order valence-electron chi connectivity index (χ3n) is 4.53. The van der Waals surface area contributed by atoms with Crippen molar-refractivity contribution in [1.29, 1.82) is 0 Å². The van der Waals surface area contributed by atoms with Crippen LogP contribution in [0.25, 0.3) is 0 Å². The minimum atomic E-state index is -0.291. The zero-order valence-corrected chi connectivity index (χ0v) is 11.1. The van der Waals surface area contributed by atoms with Crippen molar-refractivity contribution in [3.63, 3.8) is 0 Å². The highest BCUT2D eigenvalue weighted by Gasteiger charge is 2.68. The number of aliphatic hydroxyl groups excluding tert-OH is 1. The van der Waals surface area contributed by atoms with Crippen molar-refractivity contribution < 1.29 is 9.90 Å². The minimum absolute atomic E-state index is 0.0977. The van der Waals surface area contributed by atoms with Gasteiger partial charge in [0.1, 0.15) is 0 Å². The largest absolute Gasteiger partial charge is 0.393 e. The molecule has 0 aromatic carbocycles. The Morgan fingerprint density at radius 3 is 2.19 bits per heavy atom.